The Balaban J connectivity index is 2.01. The van der Waals surface area contributed by atoms with Crippen LogP contribution in [0.4, 0.5) is 10.5 Å². The number of rotatable bonds is 1. The second kappa shape index (κ2) is 4.80. The number of amides is 2. The number of azo groups is 1. The van der Waals surface area contributed by atoms with Crippen LogP contribution in [0.5, 0.6) is 5.75 Å². The van der Waals surface area contributed by atoms with Crippen molar-refractivity contribution in [2.45, 2.75) is 0 Å². The molecule has 0 saturated heterocycles. The Morgan fingerprint density at radius 2 is 2.38 bits per heavy atom. The van der Waals surface area contributed by atoms with E-state index in [9.17, 15) is 9.90 Å². The monoisotopic (exact) mass is 235 g/mol. The van der Waals surface area contributed by atoms with E-state index in [1.165, 1.54) is 28.4 Å². The van der Waals surface area contributed by atoms with Crippen LogP contribution in [0.2, 0.25) is 0 Å². The minimum atomic E-state index is -0.404. The lowest BCUT2D eigenvalue weighted by Gasteiger charge is -2.07. The standard InChI is InChI=1S/C10H9N3O2S/c14-9-4-1-3-8(7-9)11-12-10(15)13-5-2-6-16-13/h1-4,6-7,14H,5H2. The molecule has 2 rings (SSSR count). The van der Waals surface area contributed by atoms with Crippen molar-refractivity contribution in [3.8, 4) is 5.75 Å². The summed E-state index contributed by atoms with van der Waals surface area (Å²) in [5, 5.41) is 18.3. The molecule has 6 heteroatoms. The first-order valence-corrected chi connectivity index (χ1v) is 5.43. The Morgan fingerprint density at radius 3 is 3.06 bits per heavy atom. The molecule has 0 radical (unpaired) electrons. The van der Waals surface area contributed by atoms with Crippen LogP contribution in [0.1, 0.15) is 0 Å². The number of phenols is 1. The lowest BCUT2D eigenvalue weighted by atomic mass is 10.3. The summed E-state index contributed by atoms with van der Waals surface area (Å²) in [4.78, 5) is 11.4. The number of urea groups is 1. The molecule has 1 aliphatic heterocycles. The molecule has 1 aliphatic rings. The molecule has 0 aromatic heterocycles. The fourth-order valence-electron chi connectivity index (χ4n) is 1.13. The van der Waals surface area contributed by atoms with Crippen molar-refractivity contribution in [1.82, 2.24) is 4.31 Å². The molecule has 0 unspecified atom stereocenters. The van der Waals surface area contributed by atoms with Crippen molar-refractivity contribution in [3.05, 3.63) is 35.7 Å². The molecular formula is C10H9N3O2S. The van der Waals surface area contributed by atoms with Gasteiger partial charge >= 0.3 is 6.03 Å². The molecule has 0 bridgehead atoms. The third-order valence-corrected chi connectivity index (χ3v) is 2.72. The van der Waals surface area contributed by atoms with Crippen molar-refractivity contribution >= 4 is 23.7 Å². The van der Waals surface area contributed by atoms with Gasteiger partial charge in [0.25, 0.3) is 0 Å². The molecule has 0 aliphatic carbocycles. The van der Waals surface area contributed by atoms with Crippen LogP contribution < -0.4 is 0 Å². The van der Waals surface area contributed by atoms with Crippen molar-refractivity contribution in [2.24, 2.45) is 10.2 Å². The number of hydrogen-bond donors (Lipinski definition) is 1. The molecule has 0 spiro atoms. The first-order valence-electron chi connectivity index (χ1n) is 4.60. The van der Waals surface area contributed by atoms with E-state index in [-0.39, 0.29) is 5.75 Å². The predicted molar refractivity (Wildman–Crippen MR) is 61.5 cm³/mol. The molecule has 1 aromatic carbocycles. The van der Waals surface area contributed by atoms with Crippen LogP contribution in [0.3, 0.4) is 0 Å². The smallest absolute Gasteiger partial charge is 0.372 e. The van der Waals surface area contributed by atoms with E-state index < -0.39 is 6.03 Å². The highest BCUT2D eigenvalue weighted by molar-refractivity contribution is 8.00. The molecule has 0 fully saturated rings. The lowest BCUT2D eigenvalue weighted by Crippen LogP contribution is -2.16. The largest absolute Gasteiger partial charge is 0.508 e. The summed E-state index contributed by atoms with van der Waals surface area (Å²) in [6.07, 6.45) is 1.87. The number of aromatic hydroxyl groups is 1. The zero-order valence-corrected chi connectivity index (χ0v) is 9.09. The predicted octanol–water partition coefficient (Wildman–Crippen LogP) is 3.07. The molecule has 0 atom stereocenters. The second-order valence-electron chi connectivity index (χ2n) is 3.04. The van der Waals surface area contributed by atoms with E-state index in [0.717, 1.165) is 0 Å². The van der Waals surface area contributed by atoms with Crippen molar-refractivity contribution in [3.63, 3.8) is 0 Å². The normalized spacial score (nSPS) is 14.9. The Labute approximate surface area is 96.6 Å². The van der Waals surface area contributed by atoms with Crippen LogP contribution in [0.25, 0.3) is 0 Å². The molecule has 1 N–H and O–H groups in total. The summed E-state index contributed by atoms with van der Waals surface area (Å²) in [5.74, 6) is 0.0983. The van der Waals surface area contributed by atoms with Crippen LogP contribution in [-0.2, 0) is 0 Å². The summed E-state index contributed by atoms with van der Waals surface area (Å²) in [6.45, 7) is 0.544. The topological polar surface area (TPSA) is 65.3 Å². The Kier molecular flexibility index (Phi) is 3.21. The third-order valence-electron chi connectivity index (χ3n) is 1.85. The number of carbonyl (C=O) groups excluding carboxylic acids is 1. The number of carbonyl (C=O) groups is 1. The minimum Gasteiger partial charge on any atom is -0.508 e. The second-order valence-corrected chi connectivity index (χ2v) is 3.96. The first kappa shape index (κ1) is 10.7. The van der Waals surface area contributed by atoms with E-state index in [1.54, 1.807) is 12.1 Å². The lowest BCUT2D eigenvalue weighted by molar-refractivity contribution is 0.236. The van der Waals surface area contributed by atoms with E-state index in [4.69, 9.17) is 0 Å². The SMILES string of the molecule is O=C(N=Nc1cccc(O)c1)N1CC=CS1. The van der Waals surface area contributed by atoms with Crippen molar-refractivity contribution < 1.29 is 9.90 Å². The van der Waals surface area contributed by atoms with Gasteiger partial charge in [0, 0.05) is 6.07 Å². The van der Waals surface area contributed by atoms with Gasteiger partial charge in [0.1, 0.15) is 5.75 Å². The quantitative estimate of drug-likeness (QED) is 0.601. The summed E-state index contributed by atoms with van der Waals surface area (Å²) >= 11 is 1.29. The Hall–Kier alpha value is -1.82. The molecule has 16 heavy (non-hydrogen) atoms. The maximum Gasteiger partial charge on any atom is 0.372 e. The van der Waals surface area contributed by atoms with Gasteiger partial charge in [-0.2, -0.15) is 0 Å². The highest BCUT2D eigenvalue weighted by atomic mass is 32.2. The fourth-order valence-corrected chi connectivity index (χ4v) is 1.74. The van der Waals surface area contributed by atoms with Gasteiger partial charge in [-0.25, -0.2) is 4.79 Å². The fraction of sp³-hybridized carbons (Fsp3) is 0.100. The Morgan fingerprint density at radius 1 is 1.50 bits per heavy atom. The van der Waals surface area contributed by atoms with Gasteiger partial charge < -0.3 is 5.11 Å². The molecule has 1 aromatic rings. The average molecular weight is 235 g/mol. The molecule has 2 amide bonds. The van der Waals surface area contributed by atoms with Crippen LogP contribution >= 0.6 is 11.9 Å². The summed E-state index contributed by atoms with van der Waals surface area (Å²) < 4.78 is 1.48. The van der Waals surface area contributed by atoms with Crippen LogP contribution in [0.15, 0.2) is 46.0 Å². The third kappa shape index (κ3) is 2.60. The maximum atomic E-state index is 11.4. The zero-order valence-electron chi connectivity index (χ0n) is 8.28. The van der Waals surface area contributed by atoms with Crippen molar-refractivity contribution in [1.29, 1.82) is 0 Å². The Bertz CT molecular complexity index is 451. The molecule has 5 nitrogen and oxygen atoms in total. The first-order chi connectivity index (χ1) is 7.75. The van der Waals surface area contributed by atoms with Crippen LogP contribution in [0, 0.1) is 0 Å². The van der Waals surface area contributed by atoms with Crippen molar-refractivity contribution in [2.75, 3.05) is 6.54 Å². The molecule has 82 valence electrons. The summed E-state index contributed by atoms with van der Waals surface area (Å²) in [5.41, 5.74) is 0.450. The average Bonchev–Trinajstić information content (AvgIpc) is 2.79. The minimum absolute atomic E-state index is 0.0983. The van der Waals surface area contributed by atoms with Gasteiger partial charge in [-0.15, -0.1) is 5.11 Å². The van der Waals surface area contributed by atoms with E-state index >= 15 is 0 Å². The summed E-state index contributed by atoms with van der Waals surface area (Å²) in [7, 11) is 0. The number of hydrogen-bond acceptors (Lipinski definition) is 4. The van der Waals surface area contributed by atoms with Crippen LogP contribution in [-0.4, -0.2) is 22.0 Å². The van der Waals surface area contributed by atoms with Gasteiger partial charge in [-0.1, -0.05) is 17.3 Å². The maximum absolute atomic E-state index is 11.4. The van der Waals surface area contributed by atoms with Gasteiger partial charge in [0.05, 0.1) is 12.2 Å². The summed E-state index contributed by atoms with van der Waals surface area (Å²) in [6, 6.07) is 5.86. The molecular weight excluding hydrogens is 226 g/mol. The van der Waals surface area contributed by atoms with E-state index in [1.807, 2.05) is 11.5 Å². The van der Waals surface area contributed by atoms with E-state index in [0.29, 0.717) is 12.2 Å². The highest BCUT2D eigenvalue weighted by Crippen LogP contribution is 2.21. The van der Waals surface area contributed by atoms with Gasteiger partial charge in [-0.05, 0) is 29.5 Å². The van der Waals surface area contributed by atoms with Gasteiger partial charge in [-0.3, -0.25) is 4.31 Å². The highest BCUT2D eigenvalue weighted by Gasteiger charge is 2.14. The van der Waals surface area contributed by atoms with Gasteiger partial charge in [0.2, 0.25) is 0 Å². The zero-order chi connectivity index (χ0) is 11.4. The number of benzene rings is 1. The van der Waals surface area contributed by atoms with E-state index in [2.05, 4.69) is 10.2 Å². The molecule has 1 heterocycles. The number of nitrogens with zero attached hydrogens (tertiary/aromatic N) is 3. The van der Waals surface area contributed by atoms with Gasteiger partial charge in [0.15, 0.2) is 0 Å². The number of phenolic OH excluding ortho intramolecular Hbond substituents is 1. The molecule has 0 saturated carbocycles.